The summed E-state index contributed by atoms with van der Waals surface area (Å²) in [6.07, 6.45) is -4.70. The summed E-state index contributed by atoms with van der Waals surface area (Å²) >= 11 is 3.53. The molecule has 5 aromatic rings. The second kappa shape index (κ2) is 8.95. The molecule has 0 aliphatic rings. The van der Waals surface area contributed by atoms with Gasteiger partial charge in [-0.25, -0.2) is 9.97 Å². The lowest BCUT2D eigenvalue weighted by Crippen LogP contribution is -2.12. The first-order valence-electron chi connectivity index (χ1n) is 10.00. The Morgan fingerprint density at radius 2 is 1.86 bits per heavy atom. The fraction of sp³-hybridized carbons (Fsp3) is 0.0870. The number of methoxy groups -OCH3 is 1. The minimum atomic E-state index is -4.70. The third-order valence-electron chi connectivity index (χ3n) is 5.09. The number of nitrogens with one attached hydrogen (secondary N) is 1. The van der Waals surface area contributed by atoms with Crippen LogP contribution in [0.2, 0.25) is 0 Å². The highest BCUT2D eigenvalue weighted by atomic mass is 32.1. The van der Waals surface area contributed by atoms with Crippen LogP contribution in [0, 0.1) is 0 Å². The first kappa shape index (κ1) is 23.3. The first-order valence-corrected chi connectivity index (χ1v) is 12.6. The molecule has 5 rings (SSSR count). The molecule has 0 atom stereocenters. The van der Waals surface area contributed by atoms with Gasteiger partial charge in [-0.2, -0.15) is 13.2 Å². The molecule has 1 amide bonds. The standard InChI is InChI=1S/C23H15F3N4O2S3/c1-32-12-6-4-11(5-7-12)14-9-13(23(24,25)26)17-18(27)19(35-21(17)28-14)20(31)30-22-29-15(10-34-22)16-3-2-8-33-16/h2-10H,27H2,1H3,(H,29,30,31). The number of carbonyl (C=O) groups is 1. The smallest absolute Gasteiger partial charge is 0.417 e. The van der Waals surface area contributed by atoms with E-state index in [9.17, 15) is 18.0 Å². The average molecular weight is 533 g/mol. The van der Waals surface area contributed by atoms with E-state index in [1.165, 1.54) is 29.8 Å². The number of amides is 1. The molecule has 178 valence electrons. The van der Waals surface area contributed by atoms with Gasteiger partial charge in [0.25, 0.3) is 5.91 Å². The van der Waals surface area contributed by atoms with Gasteiger partial charge in [0.15, 0.2) is 5.13 Å². The summed E-state index contributed by atoms with van der Waals surface area (Å²) in [6, 6.07) is 11.2. The number of fused-ring (bicyclic) bond motifs is 1. The zero-order valence-electron chi connectivity index (χ0n) is 17.8. The van der Waals surface area contributed by atoms with Crippen molar-refractivity contribution < 1.29 is 22.7 Å². The zero-order chi connectivity index (χ0) is 24.7. The predicted molar refractivity (Wildman–Crippen MR) is 134 cm³/mol. The van der Waals surface area contributed by atoms with Crippen molar-refractivity contribution in [3.05, 3.63) is 63.7 Å². The van der Waals surface area contributed by atoms with Gasteiger partial charge in [-0.1, -0.05) is 6.07 Å². The van der Waals surface area contributed by atoms with Crippen molar-refractivity contribution in [1.82, 2.24) is 9.97 Å². The molecule has 1 aromatic carbocycles. The normalized spacial score (nSPS) is 11.7. The molecule has 3 N–H and O–H groups in total. The number of anilines is 2. The molecule has 0 spiro atoms. The molecule has 0 aliphatic carbocycles. The molecular formula is C23H15F3N4O2S3. The monoisotopic (exact) mass is 532 g/mol. The summed E-state index contributed by atoms with van der Waals surface area (Å²) in [5.41, 5.74) is 6.15. The van der Waals surface area contributed by atoms with Gasteiger partial charge in [0.2, 0.25) is 0 Å². The maximum atomic E-state index is 14.0. The van der Waals surface area contributed by atoms with Gasteiger partial charge in [-0.05, 0) is 41.8 Å². The van der Waals surface area contributed by atoms with Crippen LogP contribution in [-0.4, -0.2) is 23.0 Å². The number of aromatic nitrogens is 2. The number of nitrogens with two attached hydrogens (primary N) is 1. The summed E-state index contributed by atoms with van der Waals surface area (Å²) in [4.78, 5) is 22.6. The number of nitrogen functional groups attached to an aromatic ring is 1. The largest absolute Gasteiger partial charge is 0.497 e. The van der Waals surface area contributed by atoms with Crippen molar-refractivity contribution in [2.75, 3.05) is 18.2 Å². The molecule has 0 radical (unpaired) electrons. The Hall–Kier alpha value is -3.48. The van der Waals surface area contributed by atoms with Gasteiger partial charge >= 0.3 is 6.18 Å². The van der Waals surface area contributed by atoms with E-state index in [4.69, 9.17) is 10.5 Å². The van der Waals surface area contributed by atoms with Gasteiger partial charge in [0, 0.05) is 16.3 Å². The number of hydrogen-bond donors (Lipinski definition) is 2. The van der Waals surface area contributed by atoms with E-state index in [0.717, 1.165) is 22.3 Å². The Balaban J connectivity index is 1.54. The number of ether oxygens (including phenoxy) is 1. The second-order valence-electron chi connectivity index (χ2n) is 7.28. The highest BCUT2D eigenvalue weighted by molar-refractivity contribution is 7.21. The SMILES string of the molecule is COc1ccc(-c2cc(C(F)(F)F)c3c(N)c(C(=O)Nc4nc(-c5cccs5)cs4)sc3n2)cc1. The van der Waals surface area contributed by atoms with Gasteiger partial charge < -0.3 is 10.5 Å². The van der Waals surface area contributed by atoms with Crippen LogP contribution in [0.5, 0.6) is 5.75 Å². The fourth-order valence-electron chi connectivity index (χ4n) is 3.45. The van der Waals surface area contributed by atoms with Crippen molar-refractivity contribution in [2.24, 2.45) is 0 Å². The van der Waals surface area contributed by atoms with Gasteiger partial charge in [0.05, 0.1) is 34.6 Å². The van der Waals surface area contributed by atoms with Crippen LogP contribution in [0.1, 0.15) is 15.2 Å². The number of hydrogen-bond acceptors (Lipinski definition) is 8. The van der Waals surface area contributed by atoms with E-state index < -0.39 is 17.6 Å². The summed E-state index contributed by atoms with van der Waals surface area (Å²) in [5.74, 6) is -0.0775. The Morgan fingerprint density at radius 3 is 2.51 bits per heavy atom. The van der Waals surface area contributed by atoms with Crippen LogP contribution >= 0.6 is 34.0 Å². The van der Waals surface area contributed by atoms with Crippen LogP contribution < -0.4 is 15.8 Å². The van der Waals surface area contributed by atoms with Crippen molar-refractivity contribution in [2.45, 2.75) is 6.18 Å². The third kappa shape index (κ3) is 4.47. The van der Waals surface area contributed by atoms with E-state index >= 15 is 0 Å². The lowest BCUT2D eigenvalue weighted by Gasteiger charge is -2.11. The lowest BCUT2D eigenvalue weighted by atomic mass is 10.1. The van der Waals surface area contributed by atoms with E-state index in [2.05, 4.69) is 15.3 Å². The van der Waals surface area contributed by atoms with Gasteiger partial charge in [-0.15, -0.1) is 34.0 Å². The minimum Gasteiger partial charge on any atom is -0.497 e. The summed E-state index contributed by atoms with van der Waals surface area (Å²) < 4.78 is 47.1. The highest BCUT2D eigenvalue weighted by Crippen LogP contribution is 2.44. The number of halogens is 3. The Bertz CT molecular complexity index is 1520. The molecule has 0 bridgehead atoms. The van der Waals surface area contributed by atoms with E-state index in [1.807, 2.05) is 17.5 Å². The number of thiophene rings is 2. The van der Waals surface area contributed by atoms with Crippen molar-refractivity contribution in [1.29, 1.82) is 0 Å². The number of thiazole rings is 1. The van der Waals surface area contributed by atoms with Crippen molar-refractivity contribution in [3.63, 3.8) is 0 Å². The van der Waals surface area contributed by atoms with Crippen LogP contribution in [-0.2, 0) is 6.18 Å². The van der Waals surface area contributed by atoms with Crippen LogP contribution in [0.3, 0.4) is 0 Å². The van der Waals surface area contributed by atoms with Gasteiger partial charge in [0.1, 0.15) is 15.5 Å². The maximum Gasteiger partial charge on any atom is 0.417 e. The van der Waals surface area contributed by atoms with Crippen molar-refractivity contribution >= 4 is 61.0 Å². The van der Waals surface area contributed by atoms with Crippen LogP contribution in [0.4, 0.5) is 24.0 Å². The lowest BCUT2D eigenvalue weighted by molar-refractivity contribution is -0.136. The summed E-state index contributed by atoms with van der Waals surface area (Å²) in [7, 11) is 1.50. The number of carbonyl (C=O) groups excluding carboxylic acids is 1. The molecule has 4 aromatic heterocycles. The number of rotatable bonds is 5. The molecule has 12 heteroatoms. The summed E-state index contributed by atoms with van der Waals surface area (Å²) in [5, 5.41) is 6.37. The summed E-state index contributed by atoms with van der Waals surface area (Å²) in [6.45, 7) is 0. The predicted octanol–water partition coefficient (Wildman–Crippen LogP) is 7.01. The quantitative estimate of drug-likeness (QED) is 0.254. The van der Waals surface area contributed by atoms with E-state index in [1.54, 1.807) is 29.6 Å². The Morgan fingerprint density at radius 1 is 1.09 bits per heavy atom. The van der Waals surface area contributed by atoms with Crippen LogP contribution in [0.15, 0.2) is 53.2 Å². The Kier molecular flexibility index (Phi) is 5.95. The Labute approximate surface area is 208 Å². The molecule has 0 saturated heterocycles. The molecule has 35 heavy (non-hydrogen) atoms. The molecule has 0 aliphatic heterocycles. The minimum absolute atomic E-state index is 0.0201. The zero-order valence-corrected chi connectivity index (χ0v) is 20.3. The van der Waals surface area contributed by atoms with E-state index in [0.29, 0.717) is 22.1 Å². The molecule has 6 nitrogen and oxygen atoms in total. The molecule has 0 saturated carbocycles. The molecular weight excluding hydrogens is 517 g/mol. The maximum absolute atomic E-state index is 14.0. The number of alkyl halides is 3. The fourth-order valence-corrected chi connectivity index (χ4v) is 5.93. The average Bonchev–Trinajstić information content (AvgIpc) is 3.58. The van der Waals surface area contributed by atoms with Crippen LogP contribution in [0.25, 0.3) is 32.0 Å². The first-order chi connectivity index (χ1) is 16.7. The topological polar surface area (TPSA) is 90.1 Å². The molecule has 4 heterocycles. The second-order valence-corrected chi connectivity index (χ2v) is 10.1. The molecule has 0 fully saturated rings. The van der Waals surface area contributed by atoms with E-state index in [-0.39, 0.29) is 26.5 Å². The highest BCUT2D eigenvalue weighted by Gasteiger charge is 2.36. The molecule has 0 unspecified atom stereocenters. The number of benzene rings is 1. The number of nitrogens with zero attached hydrogens (tertiary/aromatic N) is 2. The third-order valence-corrected chi connectivity index (χ3v) is 7.84. The number of pyridine rings is 1. The van der Waals surface area contributed by atoms with Crippen molar-refractivity contribution in [3.8, 4) is 27.6 Å². The van der Waals surface area contributed by atoms with Gasteiger partial charge in [-0.3, -0.25) is 10.1 Å².